The summed E-state index contributed by atoms with van der Waals surface area (Å²) in [5, 5.41) is 6.32. The third-order valence-corrected chi connectivity index (χ3v) is 7.13. The van der Waals surface area contributed by atoms with E-state index in [4.69, 9.17) is 5.73 Å². The molecule has 4 N–H and O–H groups in total. The molecule has 2 aliphatic carbocycles. The lowest BCUT2D eigenvalue weighted by Crippen LogP contribution is -2.44. The molecule has 8 nitrogen and oxygen atoms in total. The van der Waals surface area contributed by atoms with E-state index in [0.29, 0.717) is 5.95 Å². The molecule has 1 saturated heterocycles. The fourth-order valence-corrected chi connectivity index (χ4v) is 5.36. The van der Waals surface area contributed by atoms with Gasteiger partial charge in [-0.25, -0.2) is 9.37 Å². The van der Waals surface area contributed by atoms with Crippen molar-refractivity contribution in [1.29, 1.82) is 0 Å². The number of primary amides is 1. The molecular weight excluding hydrogens is 445 g/mol. The van der Waals surface area contributed by atoms with Crippen LogP contribution in [-0.2, 0) is 4.79 Å². The van der Waals surface area contributed by atoms with Gasteiger partial charge in [-0.15, -0.1) is 0 Å². The van der Waals surface area contributed by atoms with Gasteiger partial charge in [0.25, 0.3) is 0 Å². The highest BCUT2D eigenvalue weighted by Gasteiger charge is 2.47. The standard InChI is InChI=1S/C24H30FN7O.C2H6/c1-14-11-17(5-6-19(14)32-9-7-31(2)8-10-32)28-24-27-13-18(25)23(30-24)29-21-16-4-3-15(12-16)20(21)22(26)33;1-2/h3-6,11,13,15-16,20-21H,7-10,12H2,1-2H3,(H2,26,33)(H2,27,28,29,30);1-2H3. The summed E-state index contributed by atoms with van der Waals surface area (Å²) in [5.74, 6) is -0.673. The second-order valence-electron chi connectivity index (χ2n) is 9.35. The predicted octanol–water partition coefficient (Wildman–Crippen LogP) is 3.53. The highest BCUT2D eigenvalue weighted by atomic mass is 19.1. The van der Waals surface area contributed by atoms with Crippen molar-refractivity contribution in [2.45, 2.75) is 33.2 Å². The molecular formula is C26H36FN7O. The molecule has 4 atom stereocenters. The maximum Gasteiger partial charge on any atom is 0.229 e. The van der Waals surface area contributed by atoms with Crippen LogP contribution in [0.15, 0.2) is 36.5 Å². The van der Waals surface area contributed by atoms with E-state index in [0.717, 1.165) is 50.0 Å². The van der Waals surface area contributed by atoms with Crippen LogP contribution in [0.25, 0.3) is 0 Å². The van der Waals surface area contributed by atoms with Gasteiger partial charge in [-0.3, -0.25) is 4.79 Å². The Morgan fingerprint density at radius 3 is 2.54 bits per heavy atom. The van der Waals surface area contributed by atoms with E-state index >= 15 is 0 Å². The quantitative estimate of drug-likeness (QED) is 0.543. The van der Waals surface area contributed by atoms with Crippen LogP contribution in [0.3, 0.4) is 0 Å². The lowest BCUT2D eigenvalue weighted by Gasteiger charge is -2.35. The van der Waals surface area contributed by atoms with E-state index < -0.39 is 5.82 Å². The minimum absolute atomic E-state index is 0.0791. The Morgan fingerprint density at radius 1 is 1.14 bits per heavy atom. The number of nitrogens with one attached hydrogen (secondary N) is 2. The highest BCUT2D eigenvalue weighted by Crippen LogP contribution is 2.45. The number of aromatic nitrogens is 2. The van der Waals surface area contributed by atoms with Crippen LogP contribution in [0.4, 0.5) is 27.5 Å². The summed E-state index contributed by atoms with van der Waals surface area (Å²) in [6.07, 6.45) is 6.11. The smallest absolute Gasteiger partial charge is 0.229 e. The maximum atomic E-state index is 14.5. The molecule has 1 amide bonds. The second-order valence-corrected chi connectivity index (χ2v) is 9.35. The minimum atomic E-state index is -0.558. The Kier molecular flexibility index (Phi) is 7.54. The SMILES string of the molecule is CC.Cc1cc(Nc2ncc(F)c(NC3C4C=CC(C4)C3C(N)=O)n2)ccc1N1CCN(C)CC1. The van der Waals surface area contributed by atoms with Crippen LogP contribution in [0.2, 0.25) is 0 Å². The third-order valence-electron chi connectivity index (χ3n) is 7.13. The van der Waals surface area contributed by atoms with Gasteiger partial charge in [0.15, 0.2) is 11.6 Å². The average molecular weight is 482 g/mol. The topological polar surface area (TPSA) is 99.4 Å². The molecule has 1 saturated carbocycles. The Balaban J connectivity index is 0.00000141. The first-order chi connectivity index (χ1) is 16.9. The number of fused-ring (bicyclic) bond motifs is 2. The number of rotatable bonds is 6. The van der Waals surface area contributed by atoms with Gasteiger partial charge in [0.05, 0.1) is 12.1 Å². The molecule has 4 unspecified atom stereocenters. The number of carbonyl (C=O) groups is 1. The van der Waals surface area contributed by atoms with Crippen LogP contribution >= 0.6 is 0 Å². The van der Waals surface area contributed by atoms with E-state index in [9.17, 15) is 9.18 Å². The van der Waals surface area contributed by atoms with Gasteiger partial charge in [-0.05, 0) is 56.0 Å². The summed E-state index contributed by atoms with van der Waals surface area (Å²) in [4.78, 5) is 25.2. The van der Waals surface area contributed by atoms with Gasteiger partial charge in [0, 0.05) is 43.6 Å². The van der Waals surface area contributed by atoms with Gasteiger partial charge in [0.2, 0.25) is 11.9 Å². The summed E-state index contributed by atoms with van der Waals surface area (Å²) < 4.78 is 14.5. The van der Waals surface area contributed by atoms with Crippen LogP contribution in [0.5, 0.6) is 0 Å². The molecule has 2 aromatic rings. The van der Waals surface area contributed by atoms with Crippen molar-refractivity contribution in [3.8, 4) is 0 Å². The molecule has 9 heteroatoms. The zero-order chi connectivity index (χ0) is 25.1. The number of amides is 1. The lowest BCUT2D eigenvalue weighted by molar-refractivity contribution is -0.122. The Hall–Kier alpha value is -3.20. The number of nitrogens with zero attached hydrogens (tertiary/aromatic N) is 4. The molecule has 35 heavy (non-hydrogen) atoms. The lowest BCUT2D eigenvalue weighted by atomic mass is 9.88. The number of benzene rings is 1. The Labute approximate surface area is 206 Å². The summed E-state index contributed by atoms with van der Waals surface area (Å²) in [6.45, 7) is 10.2. The summed E-state index contributed by atoms with van der Waals surface area (Å²) in [7, 11) is 2.14. The number of likely N-dealkylation sites (N-methyl/N-ethyl adjacent to an activating group) is 1. The summed E-state index contributed by atoms with van der Waals surface area (Å²) in [5.41, 5.74) is 8.84. The van der Waals surface area contributed by atoms with E-state index in [1.165, 1.54) is 5.69 Å². The molecule has 2 fully saturated rings. The Morgan fingerprint density at radius 2 is 1.86 bits per heavy atom. The third kappa shape index (κ3) is 5.24. The van der Waals surface area contributed by atoms with Crippen LogP contribution in [-0.4, -0.2) is 60.0 Å². The van der Waals surface area contributed by atoms with Gasteiger partial charge in [-0.2, -0.15) is 4.98 Å². The van der Waals surface area contributed by atoms with Crippen molar-refractivity contribution >= 4 is 29.0 Å². The van der Waals surface area contributed by atoms with Crippen molar-refractivity contribution in [3.63, 3.8) is 0 Å². The predicted molar refractivity (Wildman–Crippen MR) is 138 cm³/mol. The van der Waals surface area contributed by atoms with E-state index in [1.807, 2.05) is 26.0 Å². The second kappa shape index (κ2) is 10.6. The number of allylic oxidation sites excluding steroid dienone is 1. The van der Waals surface area contributed by atoms with E-state index in [1.54, 1.807) is 0 Å². The zero-order valence-electron chi connectivity index (χ0n) is 21.0. The van der Waals surface area contributed by atoms with Gasteiger partial charge in [0.1, 0.15) is 0 Å². The minimum Gasteiger partial charge on any atom is -0.369 e. The fourth-order valence-electron chi connectivity index (χ4n) is 5.36. The number of hydrogen-bond acceptors (Lipinski definition) is 7. The van der Waals surface area contributed by atoms with Crippen LogP contribution < -0.4 is 21.3 Å². The van der Waals surface area contributed by atoms with Gasteiger partial charge >= 0.3 is 0 Å². The van der Waals surface area contributed by atoms with Crippen molar-refractivity contribution in [2.75, 3.05) is 48.8 Å². The number of halogens is 1. The van der Waals surface area contributed by atoms with Gasteiger partial charge < -0.3 is 26.2 Å². The molecule has 0 spiro atoms. The molecule has 1 aromatic heterocycles. The van der Waals surface area contributed by atoms with Crippen molar-refractivity contribution in [1.82, 2.24) is 14.9 Å². The van der Waals surface area contributed by atoms with Crippen molar-refractivity contribution in [2.24, 2.45) is 23.5 Å². The first kappa shape index (κ1) is 24.9. The zero-order valence-corrected chi connectivity index (χ0v) is 21.0. The molecule has 188 valence electrons. The number of anilines is 4. The van der Waals surface area contributed by atoms with Crippen LogP contribution in [0, 0.1) is 30.5 Å². The maximum absolute atomic E-state index is 14.5. The highest BCUT2D eigenvalue weighted by molar-refractivity contribution is 5.79. The molecule has 2 bridgehead atoms. The Bertz CT molecular complexity index is 1080. The average Bonchev–Trinajstić information content (AvgIpc) is 3.45. The normalized spacial score (nSPS) is 25.2. The summed E-state index contributed by atoms with van der Waals surface area (Å²) >= 11 is 0. The molecule has 2 heterocycles. The first-order valence-corrected chi connectivity index (χ1v) is 12.5. The number of aryl methyl sites for hydroxylation is 1. The molecule has 1 aliphatic heterocycles. The number of nitrogens with two attached hydrogens (primary N) is 1. The molecule has 5 rings (SSSR count). The van der Waals surface area contributed by atoms with Gasteiger partial charge in [-0.1, -0.05) is 26.0 Å². The molecule has 3 aliphatic rings. The van der Waals surface area contributed by atoms with Crippen molar-refractivity contribution < 1.29 is 9.18 Å². The molecule has 1 aromatic carbocycles. The first-order valence-electron chi connectivity index (χ1n) is 12.5. The molecule has 0 radical (unpaired) electrons. The van der Waals surface area contributed by atoms with Crippen LogP contribution in [0.1, 0.15) is 25.8 Å². The van der Waals surface area contributed by atoms with Crippen molar-refractivity contribution in [3.05, 3.63) is 47.9 Å². The summed E-state index contributed by atoms with van der Waals surface area (Å²) in [6, 6.07) is 5.88. The van der Waals surface area contributed by atoms with E-state index in [-0.39, 0.29) is 35.5 Å². The fraction of sp³-hybridized carbons (Fsp3) is 0.500. The largest absolute Gasteiger partial charge is 0.369 e. The van der Waals surface area contributed by atoms with E-state index in [2.05, 4.69) is 62.6 Å². The number of hydrogen-bond donors (Lipinski definition) is 3. The number of piperazine rings is 1. The monoisotopic (exact) mass is 481 g/mol. The number of carbonyl (C=O) groups excluding carboxylic acids is 1.